The Morgan fingerprint density at radius 1 is 1.18 bits per heavy atom. The van der Waals surface area contributed by atoms with E-state index in [0.717, 1.165) is 5.92 Å². The summed E-state index contributed by atoms with van der Waals surface area (Å²) < 4.78 is 0. The van der Waals surface area contributed by atoms with Crippen molar-refractivity contribution in [2.45, 2.75) is 49.3 Å². The molecule has 0 radical (unpaired) electrons. The van der Waals surface area contributed by atoms with Gasteiger partial charge in [-0.1, -0.05) is 30.7 Å². The quantitative estimate of drug-likeness (QED) is 0.878. The maximum Gasteiger partial charge on any atom is 0.0415 e. The van der Waals surface area contributed by atoms with Gasteiger partial charge in [0.1, 0.15) is 0 Å². The first kappa shape index (κ1) is 11.6. The summed E-state index contributed by atoms with van der Waals surface area (Å²) in [5.41, 5.74) is 9.28. The monoisotopic (exact) mass is 247 g/mol. The van der Waals surface area contributed by atoms with Gasteiger partial charge in [0.15, 0.2) is 0 Å². The predicted molar refractivity (Wildman–Crippen MR) is 75.4 cm³/mol. The van der Waals surface area contributed by atoms with E-state index < -0.39 is 0 Å². The van der Waals surface area contributed by atoms with Crippen molar-refractivity contribution in [1.29, 1.82) is 0 Å². The molecule has 1 aromatic carbocycles. The van der Waals surface area contributed by atoms with Crippen LogP contribution in [0.3, 0.4) is 0 Å². The molecule has 92 valence electrons. The molecule has 1 heterocycles. The van der Waals surface area contributed by atoms with E-state index in [1.54, 1.807) is 0 Å². The third-order valence-electron chi connectivity index (χ3n) is 4.24. The van der Waals surface area contributed by atoms with Gasteiger partial charge in [-0.15, -0.1) is 0 Å². The highest BCUT2D eigenvalue weighted by atomic mass is 32.2. The minimum absolute atomic E-state index is 0.238. The molecule has 0 spiro atoms. The van der Waals surface area contributed by atoms with Crippen LogP contribution in [0.25, 0.3) is 0 Å². The highest BCUT2D eigenvalue weighted by Crippen LogP contribution is 2.39. The molecule has 0 amide bonds. The lowest BCUT2D eigenvalue weighted by atomic mass is 9.79. The lowest BCUT2D eigenvalue weighted by molar-refractivity contribution is 0.419. The largest absolute Gasteiger partial charge is 0.323 e. The highest BCUT2D eigenvalue weighted by Gasteiger charge is 2.25. The molecular formula is C15H21NS. The van der Waals surface area contributed by atoms with Crippen molar-refractivity contribution in [3.63, 3.8) is 0 Å². The molecule has 1 aliphatic heterocycles. The van der Waals surface area contributed by atoms with E-state index >= 15 is 0 Å². The summed E-state index contributed by atoms with van der Waals surface area (Å²) in [6.45, 7) is 0. The van der Waals surface area contributed by atoms with Crippen molar-refractivity contribution in [1.82, 2.24) is 0 Å². The van der Waals surface area contributed by atoms with Crippen molar-refractivity contribution in [3.05, 3.63) is 35.4 Å². The van der Waals surface area contributed by atoms with Gasteiger partial charge in [-0.05, 0) is 48.5 Å². The second kappa shape index (κ2) is 5.03. The van der Waals surface area contributed by atoms with Gasteiger partial charge in [0.25, 0.3) is 0 Å². The highest BCUT2D eigenvalue weighted by molar-refractivity contribution is 8.00. The Morgan fingerprint density at radius 2 is 2.06 bits per heavy atom. The van der Waals surface area contributed by atoms with Crippen LogP contribution in [0.1, 0.15) is 55.2 Å². The van der Waals surface area contributed by atoms with E-state index in [4.69, 9.17) is 5.73 Å². The summed E-state index contributed by atoms with van der Waals surface area (Å²) in [5.74, 6) is 2.11. The van der Waals surface area contributed by atoms with E-state index in [0.29, 0.717) is 5.25 Å². The van der Waals surface area contributed by atoms with Crippen LogP contribution in [0, 0.1) is 0 Å². The zero-order chi connectivity index (χ0) is 11.7. The van der Waals surface area contributed by atoms with Gasteiger partial charge in [0, 0.05) is 11.3 Å². The molecule has 1 aromatic rings. The summed E-state index contributed by atoms with van der Waals surface area (Å²) in [5, 5.41) is 0.645. The molecule has 17 heavy (non-hydrogen) atoms. The summed E-state index contributed by atoms with van der Waals surface area (Å²) in [6, 6.07) is 9.30. The van der Waals surface area contributed by atoms with Gasteiger partial charge in [0.05, 0.1) is 0 Å². The topological polar surface area (TPSA) is 26.0 Å². The standard InChI is InChI=1S/C15H21NS/c16-15(14-8-3-9-17-14)13-7-2-6-12(10-13)11-4-1-5-11/h2,6-7,10-11,14-15H,1,3-5,8-9,16H2. The first-order chi connectivity index (χ1) is 8.34. The smallest absolute Gasteiger partial charge is 0.0415 e. The Kier molecular flexibility index (Phi) is 3.44. The Bertz CT molecular complexity index is 380. The van der Waals surface area contributed by atoms with E-state index in [9.17, 15) is 0 Å². The minimum Gasteiger partial charge on any atom is -0.323 e. The fraction of sp³-hybridized carbons (Fsp3) is 0.600. The van der Waals surface area contributed by atoms with Crippen molar-refractivity contribution >= 4 is 11.8 Å². The Balaban J connectivity index is 1.76. The van der Waals surface area contributed by atoms with Gasteiger partial charge in [-0.25, -0.2) is 0 Å². The van der Waals surface area contributed by atoms with Crippen molar-refractivity contribution in [3.8, 4) is 0 Å². The molecule has 0 aromatic heterocycles. The molecule has 2 N–H and O–H groups in total. The van der Waals surface area contributed by atoms with Crippen molar-refractivity contribution in [2.24, 2.45) is 5.73 Å². The molecule has 1 saturated heterocycles. The van der Waals surface area contributed by atoms with Crippen LogP contribution >= 0.6 is 11.8 Å². The fourth-order valence-corrected chi connectivity index (χ4v) is 4.20. The first-order valence-electron chi connectivity index (χ1n) is 6.81. The van der Waals surface area contributed by atoms with Crippen LogP contribution in [0.2, 0.25) is 0 Å². The van der Waals surface area contributed by atoms with E-state index in [-0.39, 0.29) is 6.04 Å². The second-order valence-corrected chi connectivity index (χ2v) is 6.72. The SMILES string of the molecule is NC(c1cccc(C2CCC2)c1)C1CCCS1. The van der Waals surface area contributed by atoms with Crippen LogP contribution in [-0.4, -0.2) is 11.0 Å². The summed E-state index contributed by atoms with van der Waals surface area (Å²) >= 11 is 2.05. The third-order valence-corrected chi connectivity index (χ3v) is 5.72. The normalized spacial score (nSPS) is 26.8. The zero-order valence-corrected chi connectivity index (χ0v) is 11.1. The maximum absolute atomic E-state index is 6.41. The van der Waals surface area contributed by atoms with Crippen molar-refractivity contribution < 1.29 is 0 Å². The lowest BCUT2D eigenvalue weighted by Crippen LogP contribution is -2.22. The molecule has 1 aliphatic carbocycles. The maximum atomic E-state index is 6.41. The van der Waals surface area contributed by atoms with Crippen molar-refractivity contribution in [2.75, 3.05) is 5.75 Å². The molecular weight excluding hydrogens is 226 g/mol. The van der Waals surface area contributed by atoms with Gasteiger partial charge < -0.3 is 5.73 Å². The minimum atomic E-state index is 0.238. The number of thioether (sulfide) groups is 1. The van der Waals surface area contributed by atoms with Crippen LogP contribution in [0.5, 0.6) is 0 Å². The van der Waals surface area contributed by atoms with E-state index in [1.807, 2.05) is 0 Å². The van der Waals surface area contributed by atoms with Crippen LogP contribution in [0.15, 0.2) is 24.3 Å². The molecule has 2 aliphatic rings. The Hall–Kier alpha value is -0.470. The predicted octanol–water partition coefficient (Wildman–Crippen LogP) is 3.85. The van der Waals surface area contributed by atoms with Gasteiger partial charge in [-0.2, -0.15) is 11.8 Å². The molecule has 2 fully saturated rings. The molecule has 3 rings (SSSR count). The number of nitrogens with two attached hydrogens (primary N) is 1. The van der Waals surface area contributed by atoms with Crippen LogP contribution < -0.4 is 5.73 Å². The van der Waals surface area contributed by atoms with Crippen LogP contribution in [0.4, 0.5) is 0 Å². The summed E-state index contributed by atoms with van der Waals surface area (Å²) in [7, 11) is 0. The average molecular weight is 247 g/mol. The number of hydrogen-bond donors (Lipinski definition) is 1. The molecule has 1 saturated carbocycles. The van der Waals surface area contributed by atoms with Gasteiger partial charge in [-0.3, -0.25) is 0 Å². The molecule has 1 nitrogen and oxygen atoms in total. The number of benzene rings is 1. The van der Waals surface area contributed by atoms with Gasteiger partial charge >= 0.3 is 0 Å². The molecule has 2 unspecified atom stereocenters. The Labute approximate surface area is 108 Å². The molecule has 0 bridgehead atoms. The molecule has 2 heteroatoms. The zero-order valence-electron chi connectivity index (χ0n) is 10.3. The Morgan fingerprint density at radius 3 is 2.71 bits per heavy atom. The fourth-order valence-electron chi connectivity index (χ4n) is 2.86. The second-order valence-electron chi connectivity index (χ2n) is 5.38. The third kappa shape index (κ3) is 2.38. The molecule has 2 atom stereocenters. The van der Waals surface area contributed by atoms with Crippen LogP contribution in [-0.2, 0) is 0 Å². The summed E-state index contributed by atoms with van der Waals surface area (Å²) in [6.07, 6.45) is 6.78. The number of hydrogen-bond acceptors (Lipinski definition) is 2. The number of rotatable bonds is 3. The van der Waals surface area contributed by atoms with E-state index in [2.05, 4.69) is 36.0 Å². The lowest BCUT2D eigenvalue weighted by Gasteiger charge is -2.27. The first-order valence-corrected chi connectivity index (χ1v) is 7.86. The van der Waals surface area contributed by atoms with Gasteiger partial charge in [0.2, 0.25) is 0 Å². The van der Waals surface area contributed by atoms with E-state index in [1.165, 1.54) is 49.0 Å². The summed E-state index contributed by atoms with van der Waals surface area (Å²) in [4.78, 5) is 0. The average Bonchev–Trinajstić information content (AvgIpc) is 2.79.